The Kier molecular flexibility index (Phi) is 5.83. The molecule has 8 nitrogen and oxygen atoms in total. The summed E-state index contributed by atoms with van der Waals surface area (Å²) in [4.78, 5) is 30.3. The van der Waals surface area contributed by atoms with Crippen LogP contribution in [0.2, 0.25) is 0 Å². The lowest BCUT2D eigenvalue weighted by atomic mass is 9.95. The van der Waals surface area contributed by atoms with Crippen molar-refractivity contribution < 1.29 is 18.7 Å². The molecule has 9 heteroatoms. The molecule has 1 aromatic heterocycles. The molecule has 0 bridgehead atoms. The first-order chi connectivity index (χ1) is 14.4. The van der Waals surface area contributed by atoms with Gasteiger partial charge in [-0.15, -0.1) is 0 Å². The summed E-state index contributed by atoms with van der Waals surface area (Å²) in [6.45, 7) is 5.32. The number of benzene rings is 1. The van der Waals surface area contributed by atoms with E-state index in [0.717, 1.165) is 16.9 Å². The van der Waals surface area contributed by atoms with Gasteiger partial charge in [-0.3, -0.25) is 24.5 Å². The average Bonchev–Trinajstić information content (AvgIpc) is 3.09. The second-order valence-electron chi connectivity index (χ2n) is 7.83. The number of anilines is 1. The van der Waals surface area contributed by atoms with Gasteiger partial charge in [0.1, 0.15) is 11.6 Å². The smallest absolute Gasteiger partial charge is 0.243 e. The van der Waals surface area contributed by atoms with Gasteiger partial charge in [0, 0.05) is 32.2 Å². The molecule has 2 aliphatic heterocycles. The number of nitrogens with one attached hydrogen (secondary N) is 1. The molecule has 2 saturated heterocycles. The monoisotopic (exact) mass is 415 g/mol. The summed E-state index contributed by atoms with van der Waals surface area (Å²) in [5.41, 5.74) is 2.59. The topological polar surface area (TPSA) is 81.8 Å². The van der Waals surface area contributed by atoms with Gasteiger partial charge in [-0.1, -0.05) is 12.1 Å². The number of H-pyrrole nitrogens is 1. The van der Waals surface area contributed by atoms with E-state index in [1.807, 2.05) is 23.8 Å². The van der Waals surface area contributed by atoms with Crippen LogP contribution >= 0.6 is 0 Å². The zero-order valence-electron chi connectivity index (χ0n) is 17.2. The Bertz CT molecular complexity index is 923. The summed E-state index contributed by atoms with van der Waals surface area (Å²) >= 11 is 0. The molecule has 3 heterocycles. The quantitative estimate of drug-likeness (QED) is 0.723. The first-order valence-electron chi connectivity index (χ1n) is 10.1. The average molecular weight is 415 g/mol. The predicted molar refractivity (Wildman–Crippen MR) is 108 cm³/mol. The van der Waals surface area contributed by atoms with Crippen LogP contribution in [-0.4, -0.2) is 71.7 Å². The Morgan fingerprint density at radius 1 is 1.30 bits per heavy atom. The highest BCUT2D eigenvalue weighted by molar-refractivity contribution is 6.01. The summed E-state index contributed by atoms with van der Waals surface area (Å²) < 4.78 is 18.4. The molecule has 4 rings (SSSR count). The van der Waals surface area contributed by atoms with Gasteiger partial charge in [-0.05, 0) is 24.6 Å². The molecule has 1 atom stereocenters. The number of carbonyl (C=O) groups excluding carboxylic acids is 2. The maximum Gasteiger partial charge on any atom is 0.243 e. The molecule has 30 heavy (non-hydrogen) atoms. The summed E-state index contributed by atoms with van der Waals surface area (Å²) in [5, 5.41) is 7.46. The Hall–Kier alpha value is -2.78. The third kappa shape index (κ3) is 4.08. The van der Waals surface area contributed by atoms with Crippen molar-refractivity contribution in [3.8, 4) is 0 Å². The summed E-state index contributed by atoms with van der Waals surface area (Å²) in [6, 6.07) is 6.03. The molecule has 2 amide bonds. The van der Waals surface area contributed by atoms with E-state index in [1.165, 1.54) is 17.0 Å². The van der Waals surface area contributed by atoms with Gasteiger partial charge in [0.2, 0.25) is 11.8 Å². The summed E-state index contributed by atoms with van der Waals surface area (Å²) in [5.74, 6) is 0.191. The van der Waals surface area contributed by atoms with Crippen LogP contribution in [0.25, 0.3) is 0 Å². The Balaban J connectivity index is 1.44. The number of halogens is 1. The number of morpholine rings is 1. The first-order valence-corrected chi connectivity index (χ1v) is 10.1. The van der Waals surface area contributed by atoms with E-state index in [0.29, 0.717) is 38.5 Å². The second kappa shape index (κ2) is 8.53. The number of hydrogen-bond acceptors (Lipinski definition) is 6. The minimum Gasteiger partial charge on any atom is -0.379 e. The number of hydrogen-bond donors (Lipinski definition) is 1. The van der Waals surface area contributed by atoms with Crippen molar-refractivity contribution in [2.45, 2.75) is 25.9 Å². The van der Waals surface area contributed by atoms with Crippen molar-refractivity contribution in [2.75, 3.05) is 44.8 Å². The first kappa shape index (κ1) is 20.5. The minimum absolute atomic E-state index is 0.165. The predicted octanol–water partition coefficient (Wildman–Crippen LogP) is 1.63. The zero-order chi connectivity index (χ0) is 21.3. The molecule has 0 aliphatic carbocycles. The number of rotatable bonds is 6. The normalized spacial score (nSPS) is 19.6. The molecule has 2 aliphatic rings. The fraction of sp³-hybridized carbons (Fsp3) is 0.476. The highest BCUT2D eigenvalue weighted by Crippen LogP contribution is 2.37. The molecule has 2 fully saturated rings. The number of amides is 2. The number of aromatic nitrogens is 2. The number of aromatic amines is 1. The van der Waals surface area contributed by atoms with Gasteiger partial charge >= 0.3 is 0 Å². The van der Waals surface area contributed by atoms with Crippen molar-refractivity contribution in [1.82, 2.24) is 20.0 Å². The van der Waals surface area contributed by atoms with Gasteiger partial charge in [0.25, 0.3) is 0 Å². The molecular weight excluding hydrogens is 389 g/mol. The lowest BCUT2D eigenvalue weighted by Crippen LogP contribution is -2.54. The van der Waals surface area contributed by atoms with Crippen LogP contribution in [0.5, 0.6) is 0 Å². The highest BCUT2D eigenvalue weighted by Gasteiger charge is 2.44. The molecular formula is C21H26FN5O3. The van der Waals surface area contributed by atoms with Crippen LogP contribution in [-0.2, 0) is 20.9 Å². The fourth-order valence-corrected chi connectivity index (χ4v) is 4.02. The Labute approximate surface area is 174 Å². The lowest BCUT2D eigenvalue weighted by molar-refractivity contribution is -0.159. The maximum absolute atomic E-state index is 13.1. The highest BCUT2D eigenvalue weighted by atomic mass is 19.1. The Morgan fingerprint density at radius 3 is 2.67 bits per heavy atom. The fourth-order valence-electron chi connectivity index (χ4n) is 4.02. The van der Waals surface area contributed by atoms with Gasteiger partial charge in [0.05, 0.1) is 37.9 Å². The number of imide groups is 1. The largest absolute Gasteiger partial charge is 0.379 e. The van der Waals surface area contributed by atoms with Crippen molar-refractivity contribution in [1.29, 1.82) is 0 Å². The van der Waals surface area contributed by atoms with Gasteiger partial charge in [0.15, 0.2) is 0 Å². The SMILES string of the molecule is Cc1c(C2CC(=O)N2C(=O)CN2CCOCC2)n[nH]c1N(C)Cc1ccc(F)cc1. The number of nitrogens with zero attached hydrogens (tertiary/aromatic N) is 4. The lowest BCUT2D eigenvalue weighted by Gasteiger charge is -2.39. The van der Waals surface area contributed by atoms with Crippen molar-refractivity contribution in [2.24, 2.45) is 0 Å². The molecule has 160 valence electrons. The third-order valence-electron chi connectivity index (χ3n) is 5.73. The summed E-state index contributed by atoms with van der Waals surface area (Å²) in [7, 11) is 1.92. The number of ether oxygens (including phenoxy) is 1. The third-order valence-corrected chi connectivity index (χ3v) is 5.73. The van der Waals surface area contributed by atoms with Gasteiger partial charge in [-0.25, -0.2) is 4.39 Å². The van der Waals surface area contributed by atoms with Gasteiger partial charge < -0.3 is 9.64 Å². The van der Waals surface area contributed by atoms with Crippen molar-refractivity contribution >= 4 is 17.6 Å². The molecule has 0 spiro atoms. The van der Waals surface area contributed by atoms with E-state index in [-0.39, 0.29) is 36.6 Å². The van der Waals surface area contributed by atoms with Crippen LogP contribution in [0.4, 0.5) is 10.2 Å². The second-order valence-corrected chi connectivity index (χ2v) is 7.83. The van der Waals surface area contributed by atoms with Crippen LogP contribution in [0.3, 0.4) is 0 Å². The van der Waals surface area contributed by atoms with Crippen molar-refractivity contribution in [3.63, 3.8) is 0 Å². The maximum atomic E-state index is 13.1. The minimum atomic E-state index is -0.338. The Morgan fingerprint density at radius 2 is 2.00 bits per heavy atom. The van der Waals surface area contributed by atoms with E-state index in [2.05, 4.69) is 10.2 Å². The number of β-lactam (4-membered cyclic amide) rings is 1. The zero-order valence-corrected chi connectivity index (χ0v) is 17.2. The molecule has 0 saturated carbocycles. The molecule has 1 aromatic carbocycles. The standard InChI is InChI=1S/C21H26FN5O3/c1-14-20(23-24-21(14)25(2)12-15-3-5-16(22)6-4-15)17-11-18(28)27(17)19(29)13-26-7-9-30-10-8-26/h3-6,17H,7-13H2,1-2H3,(H,23,24). The van der Waals surface area contributed by atoms with E-state index in [1.54, 1.807) is 12.1 Å². The molecule has 1 N–H and O–H groups in total. The molecule has 0 radical (unpaired) electrons. The van der Waals surface area contributed by atoms with Crippen LogP contribution < -0.4 is 4.90 Å². The van der Waals surface area contributed by atoms with Crippen LogP contribution in [0.15, 0.2) is 24.3 Å². The number of likely N-dealkylation sites (tertiary alicyclic amines) is 1. The van der Waals surface area contributed by atoms with Crippen LogP contribution in [0, 0.1) is 12.7 Å². The summed E-state index contributed by atoms with van der Waals surface area (Å²) in [6.07, 6.45) is 0.279. The number of carbonyl (C=O) groups is 2. The van der Waals surface area contributed by atoms with Crippen LogP contribution in [0.1, 0.15) is 29.3 Å². The molecule has 2 aromatic rings. The van der Waals surface area contributed by atoms with E-state index < -0.39 is 0 Å². The van der Waals surface area contributed by atoms with Gasteiger partial charge in [-0.2, -0.15) is 5.10 Å². The van der Waals surface area contributed by atoms with E-state index >= 15 is 0 Å². The molecule has 1 unspecified atom stereocenters. The van der Waals surface area contributed by atoms with Crippen molar-refractivity contribution in [3.05, 3.63) is 46.9 Å². The van der Waals surface area contributed by atoms with E-state index in [4.69, 9.17) is 4.74 Å². The van der Waals surface area contributed by atoms with E-state index in [9.17, 15) is 14.0 Å².